The molecule has 0 radical (unpaired) electrons. The molecule has 0 spiro atoms. The number of halogens is 1. The van der Waals surface area contributed by atoms with Crippen LogP contribution in [0.2, 0.25) is 0 Å². The zero-order valence-electron chi connectivity index (χ0n) is 11.0. The second-order valence-electron chi connectivity index (χ2n) is 4.71. The normalized spacial score (nSPS) is 12.4. The summed E-state index contributed by atoms with van der Waals surface area (Å²) in [6, 6.07) is 11.1. The number of fused-ring (bicyclic) bond motifs is 1. The van der Waals surface area contributed by atoms with Gasteiger partial charge < -0.3 is 5.11 Å². The standard InChI is InChI=1S/C15H12BrN3O2/c16-11-3-1-10(2-4-11)9-12(15(20)21)13-6-8-19-14(18-13)5-7-17-19/h1-8,12H,9H2,(H,20,21). The molecule has 21 heavy (non-hydrogen) atoms. The average Bonchev–Trinajstić information content (AvgIpc) is 2.93. The maximum Gasteiger partial charge on any atom is 0.312 e. The fraction of sp³-hybridized carbons (Fsp3) is 0.133. The lowest BCUT2D eigenvalue weighted by molar-refractivity contribution is -0.138. The van der Waals surface area contributed by atoms with E-state index in [4.69, 9.17) is 0 Å². The van der Waals surface area contributed by atoms with E-state index >= 15 is 0 Å². The molecule has 0 saturated heterocycles. The molecule has 1 aromatic carbocycles. The Kier molecular flexibility index (Phi) is 3.70. The van der Waals surface area contributed by atoms with Crippen molar-refractivity contribution < 1.29 is 9.90 Å². The largest absolute Gasteiger partial charge is 0.481 e. The van der Waals surface area contributed by atoms with Crippen molar-refractivity contribution >= 4 is 27.5 Å². The highest BCUT2D eigenvalue weighted by Gasteiger charge is 2.22. The van der Waals surface area contributed by atoms with Crippen molar-refractivity contribution in [3.8, 4) is 0 Å². The Bertz CT molecular complexity index is 783. The lowest BCUT2D eigenvalue weighted by Crippen LogP contribution is -2.16. The number of carboxylic acids is 1. The molecule has 2 aromatic heterocycles. The van der Waals surface area contributed by atoms with Crippen LogP contribution in [0.25, 0.3) is 5.65 Å². The molecule has 0 bridgehead atoms. The monoisotopic (exact) mass is 345 g/mol. The van der Waals surface area contributed by atoms with Crippen molar-refractivity contribution in [2.75, 3.05) is 0 Å². The van der Waals surface area contributed by atoms with E-state index in [-0.39, 0.29) is 0 Å². The molecule has 0 aliphatic heterocycles. The van der Waals surface area contributed by atoms with Crippen LogP contribution in [0.15, 0.2) is 53.3 Å². The lowest BCUT2D eigenvalue weighted by atomic mass is 9.96. The topological polar surface area (TPSA) is 67.5 Å². The molecule has 6 heteroatoms. The molecule has 2 heterocycles. The molecule has 0 aliphatic carbocycles. The first-order valence-electron chi connectivity index (χ1n) is 6.41. The van der Waals surface area contributed by atoms with Gasteiger partial charge in [-0.25, -0.2) is 9.50 Å². The maximum absolute atomic E-state index is 11.6. The van der Waals surface area contributed by atoms with Crippen LogP contribution in [-0.2, 0) is 11.2 Å². The molecule has 0 aliphatic rings. The Morgan fingerprint density at radius 2 is 2.00 bits per heavy atom. The first kappa shape index (κ1) is 13.8. The maximum atomic E-state index is 11.6. The van der Waals surface area contributed by atoms with Gasteiger partial charge in [0.1, 0.15) is 5.92 Å². The lowest BCUT2D eigenvalue weighted by Gasteiger charge is -2.12. The number of carbonyl (C=O) groups is 1. The van der Waals surface area contributed by atoms with Crippen LogP contribution in [0, 0.1) is 0 Å². The van der Waals surface area contributed by atoms with Gasteiger partial charge in [0, 0.05) is 16.7 Å². The predicted octanol–water partition coefficient (Wildman–Crippen LogP) is 2.90. The Morgan fingerprint density at radius 1 is 1.24 bits per heavy atom. The molecule has 3 aromatic rings. The average molecular weight is 346 g/mol. The summed E-state index contributed by atoms with van der Waals surface area (Å²) in [5.74, 6) is -1.56. The van der Waals surface area contributed by atoms with E-state index in [9.17, 15) is 9.90 Å². The number of hydrogen-bond acceptors (Lipinski definition) is 3. The first-order valence-corrected chi connectivity index (χ1v) is 7.20. The molecular weight excluding hydrogens is 334 g/mol. The molecule has 106 valence electrons. The van der Waals surface area contributed by atoms with E-state index in [1.165, 1.54) is 0 Å². The highest BCUT2D eigenvalue weighted by atomic mass is 79.9. The van der Waals surface area contributed by atoms with Gasteiger partial charge in [0.15, 0.2) is 5.65 Å². The highest BCUT2D eigenvalue weighted by Crippen LogP contribution is 2.21. The number of aliphatic carboxylic acids is 1. The van der Waals surface area contributed by atoms with E-state index in [0.29, 0.717) is 17.8 Å². The fourth-order valence-electron chi connectivity index (χ4n) is 2.20. The third-order valence-electron chi connectivity index (χ3n) is 3.29. The Balaban J connectivity index is 1.93. The fourth-order valence-corrected chi connectivity index (χ4v) is 2.46. The van der Waals surface area contributed by atoms with Crippen molar-refractivity contribution in [2.45, 2.75) is 12.3 Å². The van der Waals surface area contributed by atoms with Gasteiger partial charge in [-0.1, -0.05) is 28.1 Å². The van der Waals surface area contributed by atoms with Crippen LogP contribution < -0.4 is 0 Å². The van der Waals surface area contributed by atoms with Crippen molar-refractivity contribution in [2.24, 2.45) is 0 Å². The van der Waals surface area contributed by atoms with E-state index in [2.05, 4.69) is 26.0 Å². The van der Waals surface area contributed by atoms with Crippen molar-refractivity contribution in [1.29, 1.82) is 0 Å². The van der Waals surface area contributed by atoms with Gasteiger partial charge >= 0.3 is 5.97 Å². The van der Waals surface area contributed by atoms with Gasteiger partial charge in [-0.15, -0.1) is 0 Å². The highest BCUT2D eigenvalue weighted by molar-refractivity contribution is 9.10. The number of hydrogen-bond donors (Lipinski definition) is 1. The number of carboxylic acid groups (broad SMARTS) is 1. The van der Waals surface area contributed by atoms with Crippen LogP contribution in [-0.4, -0.2) is 25.7 Å². The molecule has 0 amide bonds. The van der Waals surface area contributed by atoms with Gasteiger partial charge in [0.2, 0.25) is 0 Å². The zero-order valence-corrected chi connectivity index (χ0v) is 12.6. The van der Waals surface area contributed by atoms with E-state index in [1.807, 2.05) is 24.3 Å². The second kappa shape index (κ2) is 5.65. The molecular formula is C15H12BrN3O2. The van der Waals surface area contributed by atoms with Gasteiger partial charge in [-0.3, -0.25) is 4.79 Å². The summed E-state index contributed by atoms with van der Waals surface area (Å²) in [7, 11) is 0. The van der Waals surface area contributed by atoms with Gasteiger partial charge in [0.25, 0.3) is 0 Å². The van der Waals surface area contributed by atoms with Crippen molar-refractivity contribution in [3.63, 3.8) is 0 Å². The molecule has 1 unspecified atom stereocenters. The molecule has 0 saturated carbocycles. The minimum absolute atomic E-state index is 0.403. The van der Waals surface area contributed by atoms with E-state index < -0.39 is 11.9 Å². The van der Waals surface area contributed by atoms with E-state index in [0.717, 1.165) is 10.0 Å². The third kappa shape index (κ3) is 2.95. The van der Waals surface area contributed by atoms with Gasteiger partial charge in [-0.05, 0) is 30.2 Å². The minimum atomic E-state index is -0.880. The number of rotatable bonds is 4. The Labute approximate surface area is 129 Å². The summed E-state index contributed by atoms with van der Waals surface area (Å²) in [4.78, 5) is 16.0. The number of benzene rings is 1. The third-order valence-corrected chi connectivity index (χ3v) is 3.82. The molecule has 3 rings (SSSR count). The van der Waals surface area contributed by atoms with Gasteiger partial charge in [-0.2, -0.15) is 5.10 Å². The van der Waals surface area contributed by atoms with Crippen molar-refractivity contribution in [1.82, 2.24) is 14.6 Å². The van der Waals surface area contributed by atoms with Crippen molar-refractivity contribution in [3.05, 3.63) is 64.5 Å². The summed E-state index contributed by atoms with van der Waals surface area (Å²) in [6.07, 6.45) is 3.77. The molecule has 1 N–H and O–H groups in total. The number of aromatic nitrogens is 3. The summed E-state index contributed by atoms with van der Waals surface area (Å²) in [5, 5.41) is 13.6. The Hall–Kier alpha value is -2.21. The summed E-state index contributed by atoms with van der Waals surface area (Å²) >= 11 is 3.37. The van der Waals surface area contributed by atoms with Gasteiger partial charge in [0.05, 0.1) is 11.9 Å². The zero-order chi connectivity index (χ0) is 14.8. The van der Waals surface area contributed by atoms with E-state index in [1.54, 1.807) is 29.0 Å². The predicted molar refractivity (Wildman–Crippen MR) is 81.2 cm³/mol. The minimum Gasteiger partial charge on any atom is -0.481 e. The smallest absolute Gasteiger partial charge is 0.312 e. The van der Waals surface area contributed by atoms with Crippen LogP contribution in [0.5, 0.6) is 0 Å². The second-order valence-corrected chi connectivity index (χ2v) is 5.62. The summed E-state index contributed by atoms with van der Waals surface area (Å²) in [5.41, 5.74) is 2.15. The SMILES string of the molecule is O=C(O)C(Cc1ccc(Br)cc1)c1ccn2nccc2n1. The Morgan fingerprint density at radius 3 is 2.71 bits per heavy atom. The van der Waals surface area contributed by atoms with Crippen LogP contribution >= 0.6 is 15.9 Å². The quantitative estimate of drug-likeness (QED) is 0.789. The molecule has 0 fully saturated rings. The summed E-state index contributed by atoms with van der Waals surface area (Å²) < 4.78 is 2.58. The van der Waals surface area contributed by atoms with Crippen LogP contribution in [0.3, 0.4) is 0 Å². The first-order chi connectivity index (χ1) is 10.1. The van der Waals surface area contributed by atoms with Crippen LogP contribution in [0.1, 0.15) is 17.2 Å². The summed E-state index contributed by atoms with van der Waals surface area (Å²) in [6.45, 7) is 0. The van der Waals surface area contributed by atoms with Crippen LogP contribution in [0.4, 0.5) is 0 Å². The number of nitrogens with zero attached hydrogens (tertiary/aromatic N) is 3. The molecule has 1 atom stereocenters. The molecule has 5 nitrogen and oxygen atoms in total.